The van der Waals surface area contributed by atoms with Crippen LogP contribution in [0.1, 0.15) is 39.0 Å². The van der Waals surface area contributed by atoms with Gasteiger partial charge < -0.3 is 15.7 Å². The van der Waals surface area contributed by atoms with E-state index in [0.29, 0.717) is 18.9 Å². The highest BCUT2D eigenvalue weighted by atomic mass is 16.3. The third-order valence-electron chi connectivity index (χ3n) is 4.62. The van der Waals surface area contributed by atoms with Crippen molar-refractivity contribution in [3.8, 4) is 0 Å². The molecule has 0 aromatic carbocycles. The van der Waals surface area contributed by atoms with Crippen LogP contribution in [-0.4, -0.2) is 36.1 Å². The van der Waals surface area contributed by atoms with Gasteiger partial charge in [-0.25, -0.2) is 0 Å². The Morgan fingerprint density at radius 2 is 2.05 bits per heavy atom. The van der Waals surface area contributed by atoms with Gasteiger partial charge in [0.2, 0.25) is 0 Å². The summed E-state index contributed by atoms with van der Waals surface area (Å²) in [5.41, 5.74) is 0. The molecule has 5 heteroatoms. The van der Waals surface area contributed by atoms with E-state index < -0.39 is 11.8 Å². The molecular weight excluding hydrogens is 244 g/mol. The lowest BCUT2D eigenvalue weighted by molar-refractivity contribution is -0.139. The Morgan fingerprint density at radius 1 is 1.26 bits per heavy atom. The lowest BCUT2D eigenvalue weighted by Gasteiger charge is -2.28. The van der Waals surface area contributed by atoms with Crippen LogP contribution in [0.5, 0.6) is 0 Å². The number of aliphatic hydroxyl groups excluding tert-OH is 1. The number of fused-ring (bicyclic) bond motifs is 2. The zero-order valence-corrected chi connectivity index (χ0v) is 11.5. The van der Waals surface area contributed by atoms with E-state index in [9.17, 15) is 9.59 Å². The van der Waals surface area contributed by atoms with Gasteiger partial charge in [-0.3, -0.25) is 9.59 Å². The van der Waals surface area contributed by atoms with Crippen LogP contribution in [-0.2, 0) is 9.59 Å². The summed E-state index contributed by atoms with van der Waals surface area (Å²) in [6.45, 7) is 2.36. The highest BCUT2D eigenvalue weighted by molar-refractivity contribution is 6.35. The molecule has 108 valence electrons. The van der Waals surface area contributed by atoms with Crippen LogP contribution >= 0.6 is 0 Å². The van der Waals surface area contributed by atoms with Gasteiger partial charge in [-0.2, -0.15) is 0 Å². The first-order chi connectivity index (χ1) is 9.11. The molecule has 2 saturated carbocycles. The van der Waals surface area contributed by atoms with E-state index in [1.807, 2.05) is 6.92 Å². The normalized spacial score (nSPS) is 30.1. The number of amides is 2. The molecule has 0 aliphatic heterocycles. The fourth-order valence-corrected chi connectivity index (χ4v) is 3.65. The highest BCUT2D eigenvalue weighted by Crippen LogP contribution is 2.49. The fourth-order valence-electron chi connectivity index (χ4n) is 3.65. The zero-order chi connectivity index (χ0) is 13.8. The molecule has 4 unspecified atom stereocenters. The van der Waals surface area contributed by atoms with E-state index in [1.165, 1.54) is 25.7 Å². The van der Waals surface area contributed by atoms with Crippen molar-refractivity contribution in [2.45, 2.75) is 45.1 Å². The largest absolute Gasteiger partial charge is 0.396 e. The van der Waals surface area contributed by atoms with Crippen LogP contribution in [0.4, 0.5) is 0 Å². The number of carbonyl (C=O) groups is 2. The maximum atomic E-state index is 11.7. The number of nitrogens with one attached hydrogen (secondary N) is 2. The second-order valence-electron chi connectivity index (χ2n) is 5.93. The van der Waals surface area contributed by atoms with Gasteiger partial charge in [0.25, 0.3) is 0 Å². The second kappa shape index (κ2) is 6.37. The van der Waals surface area contributed by atoms with E-state index in [0.717, 1.165) is 11.8 Å². The molecule has 2 aliphatic rings. The van der Waals surface area contributed by atoms with E-state index in [1.54, 1.807) is 0 Å². The predicted octanol–water partition coefficient (Wildman–Crippen LogP) is 0.426. The summed E-state index contributed by atoms with van der Waals surface area (Å²) in [5, 5.41) is 13.9. The predicted molar refractivity (Wildman–Crippen MR) is 71.3 cm³/mol. The van der Waals surface area contributed by atoms with Crippen molar-refractivity contribution in [1.29, 1.82) is 0 Å². The molecule has 0 heterocycles. The van der Waals surface area contributed by atoms with Crippen molar-refractivity contribution in [3.05, 3.63) is 0 Å². The minimum absolute atomic E-state index is 0.0173. The van der Waals surface area contributed by atoms with Crippen LogP contribution in [0.25, 0.3) is 0 Å². The summed E-state index contributed by atoms with van der Waals surface area (Å²) < 4.78 is 0. The molecule has 0 spiro atoms. The average Bonchev–Trinajstić information content (AvgIpc) is 3.01. The zero-order valence-electron chi connectivity index (χ0n) is 11.5. The number of hydrogen-bond acceptors (Lipinski definition) is 3. The molecule has 0 aromatic rings. The highest BCUT2D eigenvalue weighted by Gasteiger charge is 2.42. The van der Waals surface area contributed by atoms with Gasteiger partial charge in [0, 0.05) is 19.2 Å². The SMILES string of the molecule is CC(NC(=O)C(=O)NCCCO)C1CC2CCC1C2. The Morgan fingerprint density at radius 3 is 2.63 bits per heavy atom. The number of carbonyl (C=O) groups excluding carboxylic acids is 2. The van der Waals surface area contributed by atoms with E-state index in [2.05, 4.69) is 10.6 Å². The van der Waals surface area contributed by atoms with E-state index in [4.69, 9.17) is 5.11 Å². The summed E-state index contributed by atoms with van der Waals surface area (Å²) >= 11 is 0. The summed E-state index contributed by atoms with van der Waals surface area (Å²) in [4.78, 5) is 23.2. The minimum Gasteiger partial charge on any atom is -0.396 e. The van der Waals surface area contributed by atoms with Crippen molar-refractivity contribution in [3.63, 3.8) is 0 Å². The summed E-state index contributed by atoms with van der Waals surface area (Å²) in [6.07, 6.45) is 5.58. The fraction of sp³-hybridized carbons (Fsp3) is 0.857. The average molecular weight is 268 g/mol. The Bertz CT molecular complexity index is 346. The second-order valence-corrected chi connectivity index (χ2v) is 5.93. The Balaban J connectivity index is 1.74. The van der Waals surface area contributed by atoms with Gasteiger partial charge >= 0.3 is 11.8 Å². The lowest BCUT2D eigenvalue weighted by Crippen LogP contribution is -2.47. The molecule has 2 amide bonds. The Labute approximate surface area is 114 Å². The molecular formula is C14H24N2O3. The van der Waals surface area contributed by atoms with Crippen LogP contribution in [0.15, 0.2) is 0 Å². The van der Waals surface area contributed by atoms with Crippen molar-refractivity contribution >= 4 is 11.8 Å². The van der Waals surface area contributed by atoms with Gasteiger partial charge in [-0.05, 0) is 50.4 Å². The number of rotatable bonds is 5. The lowest BCUT2D eigenvalue weighted by atomic mass is 9.84. The smallest absolute Gasteiger partial charge is 0.309 e. The van der Waals surface area contributed by atoms with E-state index >= 15 is 0 Å². The molecule has 0 saturated heterocycles. The van der Waals surface area contributed by atoms with Crippen LogP contribution in [0, 0.1) is 17.8 Å². The Kier molecular flexibility index (Phi) is 4.80. The molecule has 0 aromatic heterocycles. The standard InChI is InChI=1S/C14H24N2O3/c1-9(12-8-10-3-4-11(12)7-10)16-14(19)13(18)15-5-2-6-17/h9-12,17H,2-8H2,1H3,(H,15,18)(H,16,19). The van der Waals surface area contributed by atoms with Gasteiger partial charge in [-0.1, -0.05) is 6.42 Å². The summed E-state index contributed by atoms with van der Waals surface area (Å²) in [7, 11) is 0. The van der Waals surface area contributed by atoms with Gasteiger partial charge in [0.05, 0.1) is 0 Å². The quantitative estimate of drug-likeness (QED) is 0.499. The first-order valence-electron chi connectivity index (χ1n) is 7.31. The topological polar surface area (TPSA) is 78.4 Å². The summed E-state index contributed by atoms with van der Waals surface area (Å²) in [6, 6.07) is 0.0754. The van der Waals surface area contributed by atoms with Crippen LogP contribution in [0.2, 0.25) is 0 Å². The first kappa shape index (κ1) is 14.3. The van der Waals surface area contributed by atoms with Crippen molar-refractivity contribution in [2.75, 3.05) is 13.2 Å². The van der Waals surface area contributed by atoms with Crippen molar-refractivity contribution in [2.24, 2.45) is 17.8 Å². The molecule has 2 bridgehead atoms. The molecule has 0 radical (unpaired) electrons. The molecule has 2 aliphatic carbocycles. The van der Waals surface area contributed by atoms with Crippen LogP contribution in [0.3, 0.4) is 0 Å². The van der Waals surface area contributed by atoms with Crippen molar-refractivity contribution < 1.29 is 14.7 Å². The molecule has 19 heavy (non-hydrogen) atoms. The molecule has 3 N–H and O–H groups in total. The van der Waals surface area contributed by atoms with Crippen molar-refractivity contribution in [1.82, 2.24) is 10.6 Å². The molecule has 4 atom stereocenters. The third kappa shape index (κ3) is 3.47. The third-order valence-corrected chi connectivity index (χ3v) is 4.62. The van der Waals surface area contributed by atoms with Gasteiger partial charge in [0.1, 0.15) is 0 Å². The maximum absolute atomic E-state index is 11.7. The monoisotopic (exact) mass is 268 g/mol. The van der Waals surface area contributed by atoms with Crippen LogP contribution < -0.4 is 10.6 Å². The Hall–Kier alpha value is -1.10. The molecule has 2 rings (SSSR count). The number of aliphatic hydroxyl groups is 1. The summed E-state index contributed by atoms with van der Waals surface area (Å²) in [5.74, 6) is 0.968. The number of hydrogen-bond donors (Lipinski definition) is 3. The molecule has 2 fully saturated rings. The first-order valence-corrected chi connectivity index (χ1v) is 7.31. The van der Waals surface area contributed by atoms with Gasteiger partial charge in [0.15, 0.2) is 0 Å². The van der Waals surface area contributed by atoms with Gasteiger partial charge in [-0.15, -0.1) is 0 Å². The maximum Gasteiger partial charge on any atom is 0.309 e. The molecule has 5 nitrogen and oxygen atoms in total. The minimum atomic E-state index is -0.594. The van der Waals surface area contributed by atoms with E-state index in [-0.39, 0.29) is 12.6 Å².